The lowest BCUT2D eigenvalue weighted by atomic mass is 9.85. The minimum absolute atomic E-state index is 0.0229. The molecule has 5 aliphatic carbocycles. The maximum atomic E-state index is 12.8. The fourth-order valence-electron chi connectivity index (χ4n) is 7.62. The summed E-state index contributed by atoms with van der Waals surface area (Å²) in [6.45, 7) is 0.385. The van der Waals surface area contributed by atoms with E-state index in [9.17, 15) is 4.79 Å². The molecule has 0 aromatic heterocycles. The van der Waals surface area contributed by atoms with Gasteiger partial charge in [0.15, 0.2) is 0 Å². The highest BCUT2D eigenvalue weighted by atomic mass is 16.7. The van der Waals surface area contributed by atoms with Crippen molar-refractivity contribution in [2.24, 2.45) is 29.6 Å². The first-order valence-electron chi connectivity index (χ1n) is 17.2. The van der Waals surface area contributed by atoms with Crippen molar-refractivity contribution in [3.8, 4) is 23.7 Å². The maximum absolute atomic E-state index is 12.8. The van der Waals surface area contributed by atoms with Crippen LogP contribution in [0, 0.1) is 53.3 Å². The van der Waals surface area contributed by atoms with Gasteiger partial charge in [0.05, 0.1) is 18.1 Å². The first kappa shape index (κ1) is 30.0. The molecule has 5 aliphatic rings. The predicted octanol–water partition coefficient (Wildman–Crippen LogP) is 8.36. The zero-order valence-corrected chi connectivity index (χ0v) is 25.0. The van der Waals surface area contributed by atoms with Gasteiger partial charge in [0.25, 0.3) is 0 Å². The molecule has 0 heterocycles. The summed E-state index contributed by atoms with van der Waals surface area (Å²) in [6.07, 6.45) is 26.2. The number of hydrogen-bond acceptors (Lipinski definition) is 4. The fraction of sp³-hybridized carbons (Fsp3) is 0.861. The van der Waals surface area contributed by atoms with Gasteiger partial charge in [-0.2, -0.15) is 0 Å². The SMILES string of the molecule is O=C(OC1CCC(C#CC2CCCCC2)CC1)C1CCC(OCOC2CCC(C#CC3CCCCC3)CC2)CC1. The molecule has 0 bridgehead atoms. The molecule has 0 aliphatic heterocycles. The highest BCUT2D eigenvalue weighted by Gasteiger charge is 2.31. The van der Waals surface area contributed by atoms with Gasteiger partial charge in [-0.05, 0) is 103 Å². The molecule has 0 unspecified atom stereocenters. The van der Waals surface area contributed by atoms with E-state index in [0.29, 0.717) is 36.6 Å². The van der Waals surface area contributed by atoms with Gasteiger partial charge in [-0.15, -0.1) is 0 Å². The van der Waals surface area contributed by atoms with E-state index in [2.05, 4.69) is 23.7 Å². The van der Waals surface area contributed by atoms with Crippen molar-refractivity contribution in [3.05, 3.63) is 0 Å². The zero-order chi connectivity index (χ0) is 27.4. The Balaban J connectivity index is 0.900. The lowest BCUT2D eigenvalue weighted by Gasteiger charge is -2.31. The Hall–Kier alpha value is -1.49. The van der Waals surface area contributed by atoms with E-state index >= 15 is 0 Å². The third kappa shape index (κ3) is 9.81. The second-order valence-electron chi connectivity index (χ2n) is 13.6. The molecule has 0 amide bonds. The van der Waals surface area contributed by atoms with Crippen molar-refractivity contribution in [2.75, 3.05) is 6.79 Å². The molecular formula is C36H54O4. The van der Waals surface area contributed by atoms with Crippen LogP contribution in [-0.2, 0) is 19.0 Å². The Morgan fingerprint density at radius 2 is 0.825 bits per heavy atom. The first-order chi connectivity index (χ1) is 19.7. The third-order valence-electron chi connectivity index (χ3n) is 10.4. The fourth-order valence-corrected chi connectivity index (χ4v) is 7.62. The van der Waals surface area contributed by atoms with E-state index < -0.39 is 0 Å². The van der Waals surface area contributed by atoms with Crippen LogP contribution < -0.4 is 0 Å². The lowest BCUT2D eigenvalue weighted by Crippen LogP contribution is -2.32. The molecule has 0 radical (unpaired) electrons. The van der Waals surface area contributed by atoms with E-state index in [1.165, 1.54) is 64.2 Å². The molecule has 5 saturated carbocycles. The zero-order valence-electron chi connectivity index (χ0n) is 25.0. The number of carbonyl (C=O) groups excluding carboxylic acids is 1. The van der Waals surface area contributed by atoms with Crippen molar-refractivity contribution in [1.29, 1.82) is 0 Å². The second kappa shape index (κ2) is 16.2. The highest BCUT2D eigenvalue weighted by Crippen LogP contribution is 2.32. The van der Waals surface area contributed by atoms with Crippen molar-refractivity contribution in [2.45, 2.75) is 160 Å². The molecule has 0 saturated heterocycles. The van der Waals surface area contributed by atoms with E-state index in [-0.39, 0.29) is 24.1 Å². The molecule has 4 heteroatoms. The largest absolute Gasteiger partial charge is 0.462 e. The predicted molar refractivity (Wildman–Crippen MR) is 159 cm³/mol. The Bertz CT molecular complexity index is 869. The summed E-state index contributed by atoms with van der Waals surface area (Å²) < 4.78 is 18.1. The number of esters is 1. The summed E-state index contributed by atoms with van der Waals surface area (Å²) in [7, 11) is 0. The smallest absolute Gasteiger partial charge is 0.309 e. The average molecular weight is 551 g/mol. The molecule has 0 atom stereocenters. The number of ether oxygens (including phenoxy) is 3. The normalized spacial score (nSPS) is 34.1. The minimum atomic E-state index is 0.0229. The summed E-state index contributed by atoms with van der Waals surface area (Å²) in [4.78, 5) is 12.8. The van der Waals surface area contributed by atoms with Crippen LogP contribution in [0.2, 0.25) is 0 Å². The Kier molecular flexibility index (Phi) is 12.2. The molecule has 5 rings (SSSR count). The molecule has 0 spiro atoms. The summed E-state index contributed by atoms with van der Waals surface area (Å²) in [5.74, 6) is 16.7. The second-order valence-corrected chi connectivity index (χ2v) is 13.6. The van der Waals surface area contributed by atoms with Crippen molar-refractivity contribution in [3.63, 3.8) is 0 Å². The Morgan fingerprint density at radius 3 is 1.27 bits per heavy atom. The lowest BCUT2D eigenvalue weighted by molar-refractivity contribution is -0.160. The minimum Gasteiger partial charge on any atom is -0.462 e. The number of hydrogen-bond donors (Lipinski definition) is 0. The quantitative estimate of drug-likeness (QED) is 0.189. The molecule has 222 valence electrons. The van der Waals surface area contributed by atoms with E-state index in [4.69, 9.17) is 14.2 Å². The van der Waals surface area contributed by atoms with Crippen LogP contribution >= 0.6 is 0 Å². The van der Waals surface area contributed by atoms with E-state index in [1.54, 1.807) is 0 Å². The number of carbonyl (C=O) groups is 1. The van der Waals surface area contributed by atoms with Crippen LogP contribution in [-0.4, -0.2) is 31.1 Å². The van der Waals surface area contributed by atoms with Crippen molar-refractivity contribution in [1.82, 2.24) is 0 Å². The molecule has 40 heavy (non-hydrogen) atoms. The van der Waals surface area contributed by atoms with Crippen LogP contribution in [0.15, 0.2) is 0 Å². The summed E-state index contributed by atoms with van der Waals surface area (Å²) in [5.41, 5.74) is 0. The standard InChI is InChI=1S/C36H54O4/c37-36(40-35-23-17-31(18-24-35)14-12-29-9-5-2-6-10-29)32-19-25-34(26-20-32)39-27-38-33-21-15-30(16-22-33)13-11-28-7-3-1-4-8-28/h28-35H,1-10,15-27H2. The Labute approximate surface area is 244 Å². The van der Waals surface area contributed by atoms with Gasteiger partial charge in [-0.1, -0.05) is 62.2 Å². The van der Waals surface area contributed by atoms with Crippen LogP contribution in [0.5, 0.6) is 0 Å². The summed E-state index contributed by atoms with van der Waals surface area (Å²) in [6, 6.07) is 0. The average Bonchev–Trinajstić information content (AvgIpc) is 3.02. The molecule has 4 nitrogen and oxygen atoms in total. The van der Waals surface area contributed by atoms with Gasteiger partial charge in [0.1, 0.15) is 12.9 Å². The van der Waals surface area contributed by atoms with E-state index in [1.807, 2.05) is 0 Å². The number of rotatable bonds is 6. The topological polar surface area (TPSA) is 44.8 Å². The molecule has 0 aromatic carbocycles. The van der Waals surface area contributed by atoms with Crippen molar-refractivity contribution >= 4 is 5.97 Å². The van der Waals surface area contributed by atoms with Crippen LogP contribution in [0.3, 0.4) is 0 Å². The van der Waals surface area contributed by atoms with Gasteiger partial charge in [-0.3, -0.25) is 4.79 Å². The molecule has 0 aromatic rings. The van der Waals surface area contributed by atoms with Crippen molar-refractivity contribution < 1.29 is 19.0 Å². The van der Waals surface area contributed by atoms with Gasteiger partial charge >= 0.3 is 5.97 Å². The van der Waals surface area contributed by atoms with Gasteiger partial charge in [0, 0.05) is 23.7 Å². The third-order valence-corrected chi connectivity index (χ3v) is 10.4. The van der Waals surface area contributed by atoms with Crippen LogP contribution in [0.25, 0.3) is 0 Å². The first-order valence-corrected chi connectivity index (χ1v) is 17.2. The molecule has 0 N–H and O–H groups in total. The maximum Gasteiger partial charge on any atom is 0.309 e. The highest BCUT2D eigenvalue weighted by molar-refractivity contribution is 5.72. The monoisotopic (exact) mass is 550 g/mol. The Morgan fingerprint density at radius 1 is 0.450 bits per heavy atom. The summed E-state index contributed by atoms with van der Waals surface area (Å²) >= 11 is 0. The van der Waals surface area contributed by atoms with Gasteiger partial charge in [-0.25, -0.2) is 0 Å². The van der Waals surface area contributed by atoms with Crippen LogP contribution in [0.4, 0.5) is 0 Å². The molecule has 5 fully saturated rings. The summed E-state index contributed by atoms with van der Waals surface area (Å²) in [5, 5.41) is 0. The molecular weight excluding hydrogens is 496 g/mol. The van der Waals surface area contributed by atoms with E-state index in [0.717, 1.165) is 77.0 Å². The van der Waals surface area contributed by atoms with Crippen LogP contribution in [0.1, 0.15) is 141 Å². The van der Waals surface area contributed by atoms with Gasteiger partial charge < -0.3 is 14.2 Å². The van der Waals surface area contributed by atoms with Gasteiger partial charge in [0.2, 0.25) is 0 Å².